The zero-order valence-electron chi connectivity index (χ0n) is 15.8. The van der Waals surface area contributed by atoms with Crippen molar-refractivity contribution in [2.45, 2.75) is 45.6 Å². The van der Waals surface area contributed by atoms with Crippen LogP contribution in [0.2, 0.25) is 0 Å². The molecule has 0 unspecified atom stereocenters. The monoisotopic (exact) mass is 373 g/mol. The van der Waals surface area contributed by atoms with E-state index in [1.54, 1.807) is 5.51 Å². The molecule has 2 aromatic rings. The first-order chi connectivity index (χ1) is 12.5. The van der Waals surface area contributed by atoms with Crippen LogP contribution in [0.5, 0.6) is 0 Å². The van der Waals surface area contributed by atoms with Crippen LogP contribution in [-0.2, 0) is 12.0 Å². The van der Waals surface area contributed by atoms with Crippen molar-refractivity contribution in [1.82, 2.24) is 24.8 Å². The molecule has 0 bridgehead atoms. The molecule has 0 atom stereocenters. The minimum atomic E-state index is -0.0304. The fourth-order valence-corrected chi connectivity index (χ4v) is 5.28. The number of nitrogens with one attached hydrogen (secondary N) is 1. The highest BCUT2D eigenvalue weighted by Crippen LogP contribution is 2.42. The van der Waals surface area contributed by atoms with Gasteiger partial charge in [0.1, 0.15) is 4.88 Å². The first-order valence-electron chi connectivity index (χ1n) is 9.48. The Morgan fingerprint density at radius 3 is 2.73 bits per heavy atom. The third kappa shape index (κ3) is 2.87. The first-order valence-corrected chi connectivity index (χ1v) is 10.4. The number of likely N-dealkylation sites (tertiary alicyclic amines) is 1. The van der Waals surface area contributed by atoms with E-state index >= 15 is 0 Å². The molecule has 0 aliphatic carbocycles. The maximum Gasteiger partial charge on any atom is 0.265 e. The standard InChI is InChI=1S/C19H27N5OS/c1-13(2)10-24-7-4-15-17(21-11-20-15)19(24)5-8-23(9-6-19)18(25)16-14(3)22-12-26-16/h11-13H,4-10H2,1-3H3,(H,20,21). The van der Waals surface area contributed by atoms with Gasteiger partial charge in [-0.15, -0.1) is 11.3 Å². The molecule has 4 heterocycles. The molecule has 1 saturated heterocycles. The molecular weight excluding hydrogens is 346 g/mol. The number of imidazole rings is 1. The second-order valence-corrected chi connectivity index (χ2v) is 8.77. The van der Waals surface area contributed by atoms with E-state index in [9.17, 15) is 4.79 Å². The molecule has 2 aliphatic rings. The van der Waals surface area contributed by atoms with Gasteiger partial charge in [-0.05, 0) is 25.7 Å². The molecule has 140 valence electrons. The van der Waals surface area contributed by atoms with Crippen molar-refractivity contribution < 1.29 is 4.79 Å². The number of nitrogens with zero attached hydrogens (tertiary/aromatic N) is 4. The van der Waals surface area contributed by atoms with E-state index in [2.05, 4.69) is 28.7 Å². The summed E-state index contributed by atoms with van der Waals surface area (Å²) in [6.45, 7) is 10.2. The van der Waals surface area contributed by atoms with Gasteiger partial charge in [0.05, 0.1) is 28.8 Å². The molecule has 7 heteroatoms. The van der Waals surface area contributed by atoms with Crippen LogP contribution in [0.25, 0.3) is 0 Å². The molecule has 1 spiro atoms. The number of carbonyl (C=O) groups excluding carboxylic acids is 1. The summed E-state index contributed by atoms with van der Waals surface area (Å²) in [6.07, 6.45) is 4.76. The summed E-state index contributed by atoms with van der Waals surface area (Å²) in [6, 6.07) is 0. The van der Waals surface area contributed by atoms with E-state index in [-0.39, 0.29) is 11.4 Å². The average Bonchev–Trinajstić information content (AvgIpc) is 3.26. The Morgan fingerprint density at radius 2 is 2.08 bits per heavy atom. The summed E-state index contributed by atoms with van der Waals surface area (Å²) in [5.74, 6) is 0.750. The van der Waals surface area contributed by atoms with Gasteiger partial charge in [-0.1, -0.05) is 13.8 Å². The largest absolute Gasteiger partial charge is 0.348 e. The van der Waals surface area contributed by atoms with Crippen LogP contribution in [-0.4, -0.2) is 56.8 Å². The topological polar surface area (TPSA) is 65.1 Å². The number of aromatic amines is 1. The number of thiazole rings is 1. The summed E-state index contributed by atoms with van der Waals surface area (Å²) >= 11 is 1.45. The molecule has 0 saturated carbocycles. The average molecular weight is 374 g/mol. The lowest BCUT2D eigenvalue weighted by molar-refractivity contribution is 0.000731. The lowest BCUT2D eigenvalue weighted by Crippen LogP contribution is -2.57. The van der Waals surface area contributed by atoms with E-state index in [1.807, 2.05) is 18.2 Å². The number of aromatic nitrogens is 3. The van der Waals surface area contributed by atoms with Gasteiger partial charge in [0.25, 0.3) is 5.91 Å². The normalized spacial score (nSPS) is 19.9. The van der Waals surface area contributed by atoms with Crippen LogP contribution in [0.15, 0.2) is 11.8 Å². The number of hydrogen-bond donors (Lipinski definition) is 1. The minimum Gasteiger partial charge on any atom is -0.348 e. The van der Waals surface area contributed by atoms with E-state index in [4.69, 9.17) is 4.98 Å². The summed E-state index contributed by atoms with van der Waals surface area (Å²) in [5, 5.41) is 0. The van der Waals surface area contributed by atoms with Crippen LogP contribution in [0, 0.1) is 12.8 Å². The number of fused-ring (bicyclic) bond motifs is 2. The summed E-state index contributed by atoms with van der Waals surface area (Å²) < 4.78 is 0. The Hall–Kier alpha value is -1.73. The molecule has 0 radical (unpaired) electrons. The maximum absolute atomic E-state index is 12.9. The Morgan fingerprint density at radius 1 is 1.31 bits per heavy atom. The van der Waals surface area contributed by atoms with Crippen molar-refractivity contribution in [3.63, 3.8) is 0 Å². The molecule has 26 heavy (non-hydrogen) atoms. The van der Waals surface area contributed by atoms with Crippen molar-refractivity contribution in [2.75, 3.05) is 26.2 Å². The number of aryl methyl sites for hydroxylation is 1. The Bertz CT molecular complexity index is 787. The predicted octanol–water partition coefficient (Wildman–Crippen LogP) is 2.82. The van der Waals surface area contributed by atoms with Crippen LogP contribution in [0.4, 0.5) is 0 Å². The van der Waals surface area contributed by atoms with Gasteiger partial charge in [-0.3, -0.25) is 9.69 Å². The van der Waals surface area contributed by atoms with Crippen molar-refractivity contribution in [3.8, 4) is 0 Å². The van der Waals surface area contributed by atoms with Gasteiger partial charge >= 0.3 is 0 Å². The Balaban J connectivity index is 1.57. The predicted molar refractivity (Wildman–Crippen MR) is 102 cm³/mol. The van der Waals surface area contributed by atoms with Crippen LogP contribution in [0.3, 0.4) is 0 Å². The van der Waals surface area contributed by atoms with Gasteiger partial charge in [0.2, 0.25) is 0 Å². The SMILES string of the molecule is Cc1ncsc1C(=O)N1CCC2(CC1)c1nc[nH]c1CCN2CC(C)C. The van der Waals surface area contributed by atoms with E-state index in [0.29, 0.717) is 5.92 Å². The molecule has 2 aromatic heterocycles. The smallest absolute Gasteiger partial charge is 0.265 e. The first kappa shape index (κ1) is 17.7. The number of hydrogen-bond acceptors (Lipinski definition) is 5. The maximum atomic E-state index is 12.9. The molecule has 1 fully saturated rings. The third-order valence-electron chi connectivity index (χ3n) is 5.80. The molecule has 1 amide bonds. The van der Waals surface area contributed by atoms with Crippen molar-refractivity contribution in [3.05, 3.63) is 33.8 Å². The van der Waals surface area contributed by atoms with Crippen molar-refractivity contribution in [1.29, 1.82) is 0 Å². The highest BCUT2D eigenvalue weighted by atomic mass is 32.1. The van der Waals surface area contributed by atoms with Crippen LogP contribution >= 0.6 is 11.3 Å². The van der Waals surface area contributed by atoms with Gasteiger partial charge in [0, 0.05) is 38.3 Å². The summed E-state index contributed by atoms with van der Waals surface area (Å²) in [5.41, 5.74) is 5.06. The second-order valence-electron chi connectivity index (χ2n) is 7.91. The van der Waals surface area contributed by atoms with E-state index in [0.717, 1.165) is 56.0 Å². The van der Waals surface area contributed by atoms with Gasteiger partial charge in [-0.2, -0.15) is 0 Å². The zero-order valence-corrected chi connectivity index (χ0v) is 16.6. The van der Waals surface area contributed by atoms with Gasteiger partial charge < -0.3 is 9.88 Å². The molecule has 0 aromatic carbocycles. The van der Waals surface area contributed by atoms with E-state index in [1.165, 1.54) is 22.7 Å². The number of amides is 1. The third-order valence-corrected chi connectivity index (χ3v) is 6.72. The number of rotatable bonds is 3. The fraction of sp³-hybridized carbons (Fsp3) is 0.632. The van der Waals surface area contributed by atoms with Crippen molar-refractivity contribution >= 4 is 17.2 Å². The van der Waals surface area contributed by atoms with Crippen LogP contribution in [0.1, 0.15) is 53.4 Å². The number of carbonyl (C=O) groups is 1. The lowest BCUT2D eigenvalue weighted by Gasteiger charge is -2.51. The second kappa shape index (κ2) is 6.78. The van der Waals surface area contributed by atoms with E-state index < -0.39 is 0 Å². The highest BCUT2D eigenvalue weighted by molar-refractivity contribution is 7.11. The highest BCUT2D eigenvalue weighted by Gasteiger charge is 2.47. The Labute approximate surface area is 158 Å². The summed E-state index contributed by atoms with van der Waals surface area (Å²) in [4.78, 5) is 30.6. The van der Waals surface area contributed by atoms with Crippen LogP contribution < -0.4 is 0 Å². The molecular formula is C19H27N5OS. The minimum absolute atomic E-state index is 0.0304. The lowest BCUT2D eigenvalue weighted by atomic mass is 9.78. The number of H-pyrrole nitrogens is 1. The van der Waals surface area contributed by atoms with Crippen molar-refractivity contribution in [2.24, 2.45) is 5.92 Å². The zero-order chi connectivity index (χ0) is 18.3. The molecule has 1 N–H and O–H groups in total. The quantitative estimate of drug-likeness (QED) is 0.898. The molecule has 2 aliphatic heterocycles. The van der Waals surface area contributed by atoms with Gasteiger partial charge in [0.15, 0.2) is 0 Å². The Kier molecular flexibility index (Phi) is 4.61. The molecule has 4 rings (SSSR count). The number of piperidine rings is 1. The van der Waals surface area contributed by atoms with Gasteiger partial charge in [-0.25, -0.2) is 9.97 Å². The summed E-state index contributed by atoms with van der Waals surface area (Å²) in [7, 11) is 0. The fourth-order valence-electron chi connectivity index (χ4n) is 4.51. The molecule has 6 nitrogen and oxygen atoms in total.